The topological polar surface area (TPSA) is 85.8 Å². The fourth-order valence-corrected chi connectivity index (χ4v) is 3.85. The van der Waals surface area contributed by atoms with Crippen molar-refractivity contribution in [2.75, 3.05) is 5.32 Å². The number of hydrogen-bond donors (Lipinski definition) is 1. The molecule has 0 bridgehead atoms. The maximum Gasteiger partial charge on any atom is 0.277 e. The van der Waals surface area contributed by atoms with Crippen molar-refractivity contribution in [3.63, 3.8) is 0 Å². The molecule has 2 aromatic carbocycles. The normalized spacial score (nSPS) is 13.5. The number of nitrogens with one attached hydrogen (secondary N) is 1. The second-order valence-electron chi connectivity index (χ2n) is 7.52. The van der Waals surface area contributed by atoms with Crippen LogP contribution in [0, 0.1) is 0 Å². The van der Waals surface area contributed by atoms with Gasteiger partial charge >= 0.3 is 0 Å². The highest BCUT2D eigenvalue weighted by atomic mass is 35.5. The number of aromatic nitrogens is 4. The van der Waals surface area contributed by atoms with Gasteiger partial charge in [0.05, 0.1) is 0 Å². The summed E-state index contributed by atoms with van der Waals surface area (Å²) in [7, 11) is 0. The van der Waals surface area contributed by atoms with Gasteiger partial charge in [-0.3, -0.25) is 4.79 Å². The summed E-state index contributed by atoms with van der Waals surface area (Å²) in [6.07, 6.45) is 4.49. The van der Waals surface area contributed by atoms with Crippen LogP contribution in [0.3, 0.4) is 0 Å². The Hall–Kier alpha value is -3.45. The number of fused-ring (bicyclic) bond motifs is 1. The van der Waals surface area contributed by atoms with E-state index in [1.54, 1.807) is 18.2 Å². The van der Waals surface area contributed by atoms with Gasteiger partial charge in [-0.25, -0.2) is 0 Å². The molecule has 31 heavy (non-hydrogen) atoms. The summed E-state index contributed by atoms with van der Waals surface area (Å²) in [6.45, 7) is 0.943. The molecular weight excluding hydrogens is 414 g/mol. The van der Waals surface area contributed by atoms with Crippen molar-refractivity contribution in [3.05, 3.63) is 71.1 Å². The number of halogens is 1. The minimum atomic E-state index is -0.340. The summed E-state index contributed by atoms with van der Waals surface area (Å²) >= 11 is 5.91. The Bertz CT molecular complexity index is 1210. The standard InChI is InChI=1S/C23H20ClN5O2/c24-17-9-5-15(6-10-17)20-14-19(28-31-20)23(30)25-18-11-7-16(8-12-18)22-27-26-21-4-2-1-3-13-29(21)22/h5-12,14H,1-4,13H2,(H,25,30). The molecule has 5 rings (SSSR count). The third kappa shape index (κ3) is 4.09. The molecule has 2 aromatic heterocycles. The van der Waals surface area contributed by atoms with Crippen LogP contribution < -0.4 is 5.32 Å². The van der Waals surface area contributed by atoms with E-state index in [4.69, 9.17) is 16.1 Å². The van der Waals surface area contributed by atoms with E-state index in [9.17, 15) is 4.79 Å². The van der Waals surface area contributed by atoms with Gasteiger partial charge in [-0.2, -0.15) is 0 Å². The minimum Gasteiger partial charge on any atom is -0.355 e. The quantitative estimate of drug-likeness (QED) is 0.476. The molecule has 1 aliphatic rings. The van der Waals surface area contributed by atoms with E-state index in [0.29, 0.717) is 16.5 Å². The summed E-state index contributed by atoms with van der Waals surface area (Å²) in [5.41, 5.74) is 2.65. The van der Waals surface area contributed by atoms with Crippen molar-refractivity contribution in [1.82, 2.24) is 19.9 Å². The molecule has 1 amide bonds. The Balaban J connectivity index is 1.30. The lowest BCUT2D eigenvalue weighted by Crippen LogP contribution is -2.12. The largest absolute Gasteiger partial charge is 0.355 e. The number of hydrogen-bond acceptors (Lipinski definition) is 5. The Morgan fingerprint density at radius 1 is 0.968 bits per heavy atom. The van der Waals surface area contributed by atoms with Crippen LogP contribution in [0.2, 0.25) is 5.02 Å². The number of anilines is 1. The van der Waals surface area contributed by atoms with Gasteiger partial charge in [-0.15, -0.1) is 10.2 Å². The van der Waals surface area contributed by atoms with E-state index in [1.165, 1.54) is 6.42 Å². The van der Waals surface area contributed by atoms with Gasteiger partial charge < -0.3 is 14.4 Å². The predicted molar refractivity (Wildman–Crippen MR) is 118 cm³/mol. The molecule has 0 atom stereocenters. The van der Waals surface area contributed by atoms with Gasteiger partial charge in [-0.1, -0.05) is 23.2 Å². The molecule has 0 radical (unpaired) electrons. The van der Waals surface area contributed by atoms with Gasteiger partial charge in [0, 0.05) is 40.9 Å². The second-order valence-corrected chi connectivity index (χ2v) is 7.95. The molecule has 0 fully saturated rings. The lowest BCUT2D eigenvalue weighted by atomic mass is 10.1. The molecule has 1 aliphatic heterocycles. The first-order chi connectivity index (χ1) is 15.2. The van der Waals surface area contributed by atoms with Crippen molar-refractivity contribution in [1.29, 1.82) is 0 Å². The van der Waals surface area contributed by atoms with Crippen LogP contribution in [-0.4, -0.2) is 25.8 Å². The Kier molecular flexibility index (Phi) is 5.26. The van der Waals surface area contributed by atoms with Crippen LogP contribution >= 0.6 is 11.6 Å². The summed E-state index contributed by atoms with van der Waals surface area (Å²) < 4.78 is 7.51. The second kappa shape index (κ2) is 8.35. The summed E-state index contributed by atoms with van der Waals surface area (Å²) in [5, 5.41) is 16.1. The highest BCUT2D eigenvalue weighted by Gasteiger charge is 2.17. The molecule has 156 valence electrons. The molecule has 4 aromatic rings. The lowest BCUT2D eigenvalue weighted by Gasteiger charge is -2.08. The van der Waals surface area contributed by atoms with Crippen LogP contribution in [0.15, 0.2) is 59.1 Å². The van der Waals surface area contributed by atoms with Gasteiger partial charge in [0.15, 0.2) is 17.3 Å². The van der Waals surface area contributed by atoms with E-state index < -0.39 is 0 Å². The Labute approximate surface area is 184 Å². The maximum absolute atomic E-state index is 12.6. The van der Waals surface area contributed by atoms with E-state index in [2.05, 4.69) is 25.2 Å². The Morgan fingerprint density at radius 3 is 2.55 bits per heavy atom. The minimum absolute atomic E-state index is 0.205. The number of amides is 1. The maximum atomic E-state index is 12.6. The first kappa shape index (κ1) is 19.5. The summed E-state index contributed by atoms with van der Waals surface area (Å²) in [6, 6.07) is 16.3. The van der Waals surface area contributed by atoms with Crippen LogP contribution in [0.25, 0.3) is 22.7 Å². The van der Waals surface area contributed by atoms with Crippen LogP contribution in [0.1, 0.15) is 35.6 Å². The van der Waals surface area contributed by atoms with Gasteiger partial charge in [0.25, 0.3) is 5.91 Å². The molecule has 7 nitrogen and oxygen atoms in total. The lowest BCUT2D eigenvalue weighted by molar-refractivity contribution is 0.101. The number of carbonyl (C=O) groups is 1. The van der Waals surface area contributed by atoms with Gasteiger partial charge in [-0.05, 0) is 61.4 Å². The number of carbonyl (C=O) groups excluding carboxylic acids is 1. The molecule has 8 heteroatoms. The number of rotatable bonds is 4. The van der Waals surface area contributed by atoms with Crippen molar-refractivity contribution < 1.29 is 9.32 Å². The summed E-state index contributed by atoms with van der Waals surface area (Å²) in [4.78, 5) is 12.6. The molecule has 0 spiro atoms. The van der Waals surface area contributed by atoms with Gasteiger partial charge in [0.2, 0.25) is 0 Å². The predicted octanol–water partition coefficient (Wildman–Crippen LogP) is 5.23. The highest BCUT2D eigenvalue weighted by Crippen LogP contribution is 2.25. The molecule has 3 heterocycles. The van der Waals surface area contributed by atoms with Crippen LogP contribution in [0.5, 0.6) is 0 Å². The molecule has 0 saturated carbocycles. The van der Waals surface area contributed by atoms with E-state index in [1.807, 2.05) is 36.4 Å². The number of aryl methyl sites for hydroxylation is 1. The SMILES string of the molecule is O=C(Nc1ccc(-c2nnc3n2CCCCC3)cc1)c1cc(-c2ccc(Cl)cc2)on1. The smallest absolute Gasteiger partial charge is 0.277 e. The first-order valence-electron chi connectivity index (χ1n) is 10.2. The van der Waals surface area contributed by atoms with Gasteiger partial charge in [0.1, 0.15) is 5.82 Å². The highest BCUT2D eigenvalue weighted by molar-refractivity contribution is 6.30. The fourth-order valence-electron chi connectivity index (χ4n) is 3.73. The van der Waals surface area contributed by atoms with Crippen molar-refractivity contribution in [3.8, 4) is 22.7 Å². The first-order valence-corrected chi connectivity index (χ1v) is 10.6. The zero-order chi connectivity index (χ0) is 21.2. The molecule has 0 unspecified atom stereocenters. The van der Waals surface area contributed by atoms with Crippen LogP contribution in [-0.2, 0) is 13.0 Å². The zero-order valence-electron chi connectivity index (χ0n) is 16.7. The fraction of sp³-hybridized carbons (Fsp3) is 0.217. The van der Waals surface area contributed by atoms with E-state index in [-0.39, 0.29) is 11.6 Å². The van der Waals surface area contributed by atoms with Crippen molar-refractivity contribution in [2.24, 2.45) is 0 Å². The molecule has 0 aliphatic carbocycles. The average molecular weight is 434 g/mol. The van der Waals surface area contributed by atoms with Crippen LogP contribution in [0.4, 0.5) is 5.69 Å². The molecule has 1 N–H and O–H groups in total. The van der Waals surface area contributed by atoms with E-state index in [0.717, 1.165) is 48.6 Å². The number of nitrogens with zero attached hydrogens (tertiary/aromatic N) is 4. The zero-order valence-corrected chi connectivity index (χ0v) is 17.5. The third-order valence-electron chi connectivity index (χ3n) is 5.38. The number of benzene rings is 2. The van der Waals surface area contributed by atoms with Crippen molar-refractivity contribution >= 4 is 23.2 Å². The van der Waals surface area contributed by atoms with Crippen molar-refractivity contribution in [2.45, 2.75) is 32.2 Å². The molecular formula is C23H20ClN5O2. The van der Waals surface area contributed by atoms with E-state index >= 15 is 0 Å². The third-order valence-corrected chi connectivity index (χ3v) is 5.63. The summed E-state index contributed by atoms with van der Waals surface area (Å²) in [5.74, 6) is 2.09. The average Bonchev–Trinajstić information content (AvgIpc) is 3.37. The Morgan fingerprint density at radius 2 is 1.74 bits per heavy atom. The molecule has 0 saturated heterocycles. The monoisotopic (exact) mass is 433 g/mol.